The molecule has 0 saturated carbocycles. The largest absolute Gasteiger partial charge is 0.379 e. The lowest BCUT2D eigenvalue weighted by atomic mass is 9.99. The summed E-state index contributed by atoms with van der Waals surface area (Å²) in [5.41, 5.74) is 6.63. The van der Waals surface area contributed by atoms with Crippen molar-refractivity contribution in [1.29, 1.82) is 0 Å². The van der Waals surface area contributed by atoms with Gasteiger partial charge in [-0.2, -0.15) is 0 Å². The van der Waals surface area contributed by atoms with Gasteiger partial charge in [0.2, 0.25) is 5.91 Å². The molecular formula is C14H15N3O2. The smallest absolute Gasteiger partial charge is 0.246 e. The molecule has 0 aliphatic carbocycles. The molecular weight excluding hydrogens is 242 g/mol. The molecule has 98 valence electrons. The lowest BCUT2D eigenvalue weighted by Crippen LogP contribution is -2.51. The molecule has 1 amide bonds. The van der Waals surface area contributed by atoms with Crippen molar-refractivity contribution in [2.75, 3.05) is 18.5 Å². The number of benzene rings is 1. The summed E-state index contributed by atoms with van der Waals surface area (Å²) >= 11 is 0. The second kappa shape index (κ2) is 4.60. The molecule has 5 nitrogen and oxygen atoms in total. The van der Waals surface area contributed by atoms with E-state index in [1.54, 1.807) is 6.20 Å². The zero-order valence-corrected chi connectivity index (χ0v) is 10.4. The molecule has 0 spiro atoms. The van der Waals surface area contributed by atoms with E-state index in [4.69, 9.17) is 10.5 Å². The van der Waals surface area contributed by atoms with Crippen LogP contribution in [0.3, 0.4) is 0 Å². The number of rotatable bonds is 2. The lowest BCUT2D eigenvalue weighted by Gasteiger charge is -2.20. The Kier molecular flexibility index (Phi) is 2.93. The highest BCUT2D eigenvalue weighted by molar-refractivity contribution is 5.99. The molecule has 19 heavy (non-hydrogen) atoms. The molecule has 1 aliphatic rings. The molecule has 1 aliphatic heterocycles. The summed E-state index contributed by atoms with van der Waals surface area (Å²) in [6.07, 6.45) is 2.18. The van der Waals surface area contributed by atoms with Crippen LogP contribution < -0.4 is 11.1 Å². The van der Waals surface area contributed by atoms with Crippen molar-refractivity contribution in [3.63, 3.8) is 0 Å². The average molecular weight is 257 g/mol. The maximum atomic E-state index is 12.1. The fourth-order valence-electron chi connectivity index (χ4n) is 2.15. The summed E-state index contributed by atoms with van der Waals surface area (Å²) in [6, 6.07) is 9.63. The molecule has 1 atom stereocenters. The van der Waals surface area contributed by atoms with E-state index in [9.17, 15) is 4.79 Å². The number of nitrogens with one attached hydrogen (secondary N) is 1. The fraction of sp³-hybridized carbons (Fsp3) is 0.286. The molecule has 0 radical (unpaired) electrons. The van der Waals surface area contributed by atoms with E-state index in [1.165, 1.54) is 0 Å². The number of hydrogen-bond donors (Lipinski definition) is 2. The molecule has 0 bridgehead atoms. The summed E-state index contributed by atoms with van der Waals surface area (Å²) in [6.45, 7) is 0.791. The highest BCUT2D eigenvalue weighted by atomic mass is 16.5. The number of hydrogen-bond acceptors (Lipinski definition) is 4. The van der Waals surface area contributed by atoms with Crippen molar-refractivity contribution >= 4 is 22.5 Å². The summed E-state index contributed by atoms with van der Waals surface area (Å²) < 4.78 is 5.19. The molecule has 1 saturated heterocycles. The van der Waals surface area contributed by atoms with Gasteiger partial charge in [-0.25, -0.2) is 0 Å². The van der Waals surface area contributed by atoms with E-state index >= 15 is 0 Å². The zero-order chi connectivity index (χ0) is 13.3. The normalized spacial score (nSPS) is 22.6. The van der Waals surface area contributed by atoms with E-state index in [-0.39, 0.29) is 12.5 Å². The highest BCUT2D eigenvalue weighted by Crippen LogP contribution is 2.20. The summed E-state index contributed by atoms with van der Waals surface area (Å²) in [4.78, 5) is 16.4. The van der Waals surface area contributed by atoms with E-state index in [1.807, 2.05) is 30.3 Å². The quantitative estimate of drug-likeness (QED) is 0.850. The van der Waals surface area contributed by atoms with Crippen molar-refractivity contribution in [3.05, 3.63) is 36.5 Å². The fourth-order valence-corrected chi connectivity index (χ4v) is 2.15. The van der Waals surface area contributed by atoms with Gasteiger partial charge in [0.05, 0.1) is 24.0 Å². The van der Waals surface area contributed by atoms with Gasteiger partial charge in [0.1, 0.15) is 5.54 Å². The third-order valence-corrected chi connectivity index (χ3v) is 3.35. The van der Waals surface area contributed by atoms with E-state index < -0.39 is 5.54 Å². The van der Waals surface area contributed by atoms with E-state index in [0.29, 0.717) is 18.7 Å². The van der Waals surface area contributed by atoms with Crippen LogP contribution in [0.25, 0.3) is 10.9 Å². The van der Waals surface area contributed by atoms with Gasteiger partial charge in [-0.1, -0.05) is 18.2 Å². The van der Waals surface area contributed by atoms with Crippen LogP contribution in [0, 0.1) is 0 Å². The second-order valence-electron chi connectivity index (χ2n) is 4.83. The number of pyridine rings is 1. The van der Waals surface area contributed by atoms with Gasteiger partial charge in [-0.15, -0.1) is 0 Å². The number of carbonyl (C=O) groups excluding carboxylic acids is 1. The van der Waals surface area contributed by atoms with Gasteiger partial charge >= 0.3 is 0 Å². The Hall–Kier alpha value is -1.98. The molecule has 3 rings (SSSR count). The third kappa shape index (κ3) is 2.30. The van der Waals surface area contributed by atoms with Crippen molar-refractivity contribution in [2.45, 2.75) is 12.0 Å². The molecule has 1 aromatic carbocycles. The number of nitrogens with zero attached hydrogens (tertiary/aromatic N) is 1. The van der Waals surface area contributed by atoms with Crippen molar-refractivity contribution in [3.8, 4) is 0 Å². The van der Waals surface area contributed by atoms with Gasteiger partial charge in [0.25, 0.3) is 0 Å². The maximum absolute atomic E-state index is 12.1. The average Bonchev–Trinajstić information content (AvgIpc) is 2.87. The first kappa shape index (κ1) is 12.1. The van der Waals surface area contributed by atoms with E-state index in [0.717, 1.165) is 10.9 Å². The highest BCUT2D eigenvalue weighted by Gasteiger charge is 2.38. The Labute approximate surface area is 110 Å². The van der Waals surface area contributed by atoms with Crippen LogP contribution in [0.4, 0.5) is 5.69 Å². The van der Waals surface area contributed by atoms with Gasteiger partial charge in [-0.05, 0) is 18.6 Å². The van der Waals surface area contributed by atoms with Gasteiger partial charge < -0.3 is 15.8 Å². The topological polar surface area (TPSA) is 77.2 Å². The number of para-hydroxylation sites is 1. The Morgan fingerprint density at radius 3 is 3.05 bits per heavy atom. The van der Waals surface area contributed by atoms with Crippen LogP contribution in [0.5, 0.6) is 0 Å². The monoisotopic (exact) mass is 257 g/mol. The Balaban J connectivity index is 1.83. The number of amides is 1. The van der Waals surface area contributed by atoms with Crippen LogP contribution in [-0.2, 0) is 9.53 Å². The van der Waals surface area contributed by atoms with Crippen LogP contribution in [0.2, 0.25) is 0 Å². The molecule has 1 aromatic heterocycles. The number of aromatic nitrogens is 1. The summed E-state index contributed by atoms with van der Waals surface area (Å²) in [7, 11) is 0. The van der Waals surface area contributed by atoms with Crippen molar-refractivity contribution in [1.82, 2.24) is 4.98 Å². The minimum absolute atomic E-state index is 0.220. The number of nitrogens with two attached hydrogens (primary N) is 1. The standard InChI is InChI=1S/C14H15N3O2/c15-14(5-6-19-9-14)13(18)17-11-7-10-3-1-2-4-12(10)16-8-11/h1-4,7-8H,5-6,9,15H2,(H,17,18). The number of carbonyl (C=O) groups is 1. The Morgan fingerprint density at radius 1 is 1.42 bits per heavy atom. The molecule has 3 N–H and O–H groups in total. The first-order chi connectivity index (χ1) is 9.17. The molecule has 2 heterocycles. The predicted octanol–water partition coefficient (Wildman–Crippen LogP) is 1.29. The first-order valence-corrected chi connectivity index (χ1v) is 6.20. The van der Waals surface area contributed by atoms with Gasteiger partial charge in [-0.3, -0.25) is 9.78 Å². The van der Waals surface area contributed by atoms with Crippen molar-refractivity contribution in [2.24, 2.45) is 5.73 Å². The first-order valence-electron chi connectivity index (χ1n) is 6.20. The number of ether oxygens (including phenoxy) is 1. The summed E-state index contributed by atoms with van der Waals surface area (Å²) in [5.74, 6) is -0.220. The summed E-state index contributed by atoms with van der Waals surface area (Å²) in [5, 5.41) is 3.79. The Morgan fingerprint density at radius 2 is 2.26 bits per heavy atom. The minimum Gasteiger partial charge on any atom is -0.379 e. The minimum atomic E-state index is -0.925. The SMILES string of the molecule is NC1(C(=O)Nc2cnc3ccccc3c2)CCOC1. The van der Waals surface area contributed by atoms with Crippen LogP contribution in [-0.4, -0.2) is 29.6 Å². The van der Waals surface area contributed by atoms with E-state index in [2.05, 4.69) is 10.3 Å². The molecule has 1 fully saturated rings. The third-order valence-electron chi connectivity index (χ3n) is 3.35. The number of fused-ring (bicyclic) bond motifs is 1. The zero-order valence-electron chi connectivity index (χ0n) is 10.4. The lowest BCUT2D eigenvalue weighted by molar-refractivity contribution is -0.121. The van der Waals surface area contributed by atoms with Crippen LogP contribution in [0.15, 0.2) is 36.5 Å². The van der Waals surface area contributed by atoms with Crippen LogP contribution in [0.1, 0.15) is 6.42 Å². The molecule has 2 aromatic rings. The van der Waals surface area contributed by atoms with Crippen LogP contribution >= 0.6 is 0 Å². The second-order valence-corrected chi connectivity index (χ2v) is 4.83. The molecule has 5 heteroatoms. The molecule has 1 unspecified atom stereocenters. The predicted molar refractivity (Wildman–Crippen MR) is 72.7 cm³/mol. The maximum Gasteiger partial charge on any atom is 0.246 e. The number of anilines is 1. The van der Waals surface area contributed by atoms with Crippen molar-refractivity contribution < 1.29 is 9.53 Å². The Bertz CT molecular complexity index is 621. The van der Waals surface area contributed by atoms with Gasteiger partial charge in [0.15, 0.2) is 0 Å². The van der Waals surface area contributed by atoms with Gasteiger partial charge in [0, 0.05) is 12.0 Å².